The fourth-order valence-electron chi connectivity index (χ4n) is 2.11. The van der Waals surface area contributed by atoms with E-state index in [2.05, 4.69) is 25.3 Å². The molecule has 90 valence electrons. The van der Waals surface area contributed by atoms with E-state index < -0.39 is 0 Å². The van der Waals surface area contributed by atoms with Crippen molar-refractivity contribution in [2.45, 2.75) is 25.7 Å². The molecule has 2 heterocycles. The minimum absolute atomic E-state index is 0.232. The van der Waals surface area contributed by atoms with Gasteiger partial charge >= 0.3 is 0 Å². The molecule has 1 aliphatic rings. The molecule has 0 unspecified atom stereocenters. The molecule has 0 saturated heterocycles. The first-order chi connectivity index (χ1) is 8.33. The van der Waals surface area contributed by atoms with Crippen molar-refractivity contribution in [3.8, 4) is 0 Å². The van der Waals surface area contributed by atoms with Crippen molar-refractivity contribution in [2.24, 2.45) is 5.92 Å². The second-order valence-corrected chi connectivity index (χ2v) is 4.79. The number of halogens is 1. The fourth-order valence-corrected chi connectivity index (χ4v) is 2.28. The van der Waals surface area contributed by atoms with Gasteiger partial charge in [0, 0.05) is 6.54 Å². The quantitative estimate of drug-likeness (QED) is 0.820. The average molecular weight is 252 g/mol. The molecule has 2 N–H and O–H groups in total. The second-order valence-electron chi connectivity index (χ2n) is 4.45. The molecule has 0 amide bonds. The van der Waals surface area contributed by atoms with E-state index in [0.717, 1.165) is 23.8 Å². The zero-order valence-corrected chi connectivity index (χ0v) is 10.2. The largest absolute Gasteiger partial charge is 0.368 e. The summed E-state index contributed by atoms with van der Waals surface area (Å²) >= 11 is 5.84. The summed E-state index contributed by atoms with van der Waals surface area (Å²) in [6.07, 6.45) is 6.91. The van der Waals surface area contributed by atoms with Gasteiger partial charge in [-0.15, -0.1) is 0 Å². The summed E-state index contributed by atoms with van der Waals surface area (Å²) in [4.78, 5) is 15.3. The first-order valence-electron chi connectivity index (χ1n) is 5.93. The summed E-state index contributed by atoms with van der Waals surface area (Å²) in [5.74, 6) is 1.63. The molecule has 5 nitrogen and oxygen atoms in total. The van der Waals surface area contributed by atoms with E-state index in [9.17, 15) is 0 Å². The van der Waals surface area contributed by atoms with Gasteiger partial charge in [-0.25, -0.2) is 4.98 Å². The van der Waals surface area contributed by atoms with Crippen LogP contribution in [0.1, 0.15) is 25.7 Å². The van der Waals surface area contributed by atoms with Crippen LogP contribution in [0.15, 0.2) is 6.33 Å². The second kappa shape index (κ2) is 4.49. The number of hydrogen-bond acceptors (Lipinski definition) is 4. The molecule has 0 radical (unpaired) electrons. The van der Waals surface area contributed by atoms with Gasteiger partial charge in [0.2, 0.25) is 5.28 Å². The molecule has 3 rings (SSSR count). The van der Waals surface area contributed by atoms with Crippen LogP contribution in [0.25, 0.3) is 11.2 Å². The summed E-state index contributed by atoms with van der Waals surface area (Å²) in [5.41, 5.74) is 1.43. The minimum Gasteiger partial charge on any atom is -0.368 e. The van der Waals surface area contributed by atoms with Crippen molar-refractivity contribution < 1.29 is 0 Å². The van der Waals surface area contributed by atoms with Crippen LogP contribution in [0.4, 0.5) is 5.82 Å². The lowest BCUT2D eigenvalue weighted by atomic mass is 9.83. The molecule has 1 aliphatic carbocycles. The molecule has 0 aliphatic heterocycles. The summed E-state index contributed by atoms with van der Waals surface area (Å²) in [5, 5.41) is 3.54. The van der Waals surface area contributed by atoms with Gasteiger partial charge in [-0.05, 0) is 23.9 Å². The minimum atomic E-state index is 0.232. The Labute approximate surface area is 104 Å². The number of hydrogen-bond donors (Lipinski definition) is 2. The Morgan fingerprint density at radius 3 is 3.06 bits per heavy atom. The Morgan fingerprint density at radius 2 is 2.29 bits per heavy atom. The number of anilines is 1. The van der Waals surface area contributed by atoms with Gasteiger partial charge < -0.3 is 10.3 Å². The average Bonchev–Trinajstić information content (AvgIpc) is 2.69. The number of nitrogens with zero attached hydrogens (tertiary/aromatic N) is 3. The van der Waals surface area contributed by atoms with E-state index in [4.69, 9.17) is 11.6 Å². The molecule has 1 saturated carbocycles. The molecule has 0 bridgehead atoms. The van der Waals surface area contributed by atoms with Crippen LogP contribution in [0.2, 0.25) is 5.28 Å². The molecule has 0 aromatic carbocycles. The van der Waals surface area contributed by atoms with E-state index in [-0.39, 0.29) is 5.28 Å². The lowest BCUT2D eigenvalue weighted by molar-refractivity contribution is 0.303. The normalized spacial score (nSPS) is 16.1. The Bertz CT molecular complexity index is 520. The summed E-state index contributed by atoms with van der Waals surface area (Å²) in [6, 6.07) is 0. The predicted molar refractivity (Wildman–Crippen MR) is 67.1 cm³/mol. The highest BCUT2D eigenvalue weighted by molar-refractivity contribution is 6.28. The van der Waals surface area contributed by atoms with Gasteiger partial charge in [0.1, 0.15) is 5.52 Å². The van der Waals surface area contributed by atoms with E-state index in [1.807, 2.05) is 0 Å². The third kappa shape index (κ3) is 2.20. The highest BCUT2D eigenvalue weighted by Crippen LogP contribution is 2.29. The van der Waals surface area contributed by atoms with Crippen molar-refractivity contribution in [3.05, 3.63) is 11.6 Å². The van der Waals surface area contributed by atoms with Crippen molar-refractivity contribution in [2.75, 3.05) is 11.9 Å². The van der Waals surface area contributed by atoms with Gasteiger partial charge in [0.05, 0.1) is 6.33 Å². The highest BCUT2D eigenvalue weighted by atomic mass is 35.5. The van der Waals surface area contributed by atoms with E-state index >= 15 is 0 Å². The highest BCUT2D eigenvalue weighted by Gasteiger charge is 2.17. The van der Waals surface area contributed by atoms with Crippen LogP contribution in [-0.4, -0.2) is 26.5 Å². The lowest BCUT2D eigenvalue weighted by Crippen LogP contribution is -2.16. The Hall–Kier alpha value is -1.36. The molecular weight excluding hydrogens is 238 g/mol. The Kier molecular flexibility index (Phi) is 2.84. The van der Waals surface area contributed by atoms with Gasteiger partial charge in [0.25, 0.3) is 0 Å². The number of aromatic amines is 1. The summed E-state index contributed by atoms with van der Waals surface area (Å²) < 4.78 is 0. The lowest BCUT2D eigenvalue weighted by Gasteiger charge is -2.25. The van der Waals surface area contributed by atoms with Gasteiger partial charge in [0.15, 0.2) is 11.5 Å². The Morgan fingerprint density at radius 1 is 1.41 bits per heavy atom. The maximum Gasteiger partial charge on any atom is 0.226 e. The number of H-pyrrole nitrogens is 1. The van der Waals surface area contributed by atoms with Gasteiger partial charge in [-0.1, -0.05) is 19.3 Å². The van der Waals surface area contributed by atoms with Crippen molar-refractivity contribution in [3.63, 3.8) is 0 Å². The van der Waals surface area contributed by atoms with Crippen LogP contribution in [0, 0.1) is 5.92 Å². The SMILES string of the molecule is Clc1nc(NCCC2CCC2)c2[nH]cnc2n1. The van der Waals surface area contributed by atoms with E-state index in [1.54, 1.807) is 6.33 Å². The molecular formula is C11H14ClN5. The van der Waals surface area contributed by atoms with Crippen LogP contribution in [-0.2, 0) is 0 Å². The number of fused-ring (bicyclic) bond motifs is 1. The zero-order valence-electron chi connectivity index (χ0n) is 9.41. The molecule has 1 fully saturated rings. The molecule has 0 atom stereocenters. The van der Waals surface area contributed by atoms with E-state index in [0.29, 0.717) is 5.65 Å². The molecule has 2 aromatic heterocycles. The fraction of sp³-hybridized carbons (Fsp3) is 0.545. The Balaban J connectivity index is 1.72. The molecule has 6 heteroatoms. The predicted octanol–water partition coefficient (Wildman–Crippen LogP) is 2.61. The topological polar surface area (TPSA) is 66.5 Å². The van der Waals surface area contributed by atoms with Crippen LogP contribution in [0.3, 0.4) is 0 Å². The standard InChI is InChI=1S/C11H14ClN5/c12-11-16-9(8-10(17-11)15-6-14-8)13-5-4-7-2-1-3-7/h6-7H,1-5H2,(H2,13,14,15,16,17). The zero-order chi connectivity index (χ0) is 11.7. The number of imidazole rings is 1. The first kappa shape index (κ1) is 10.8. The van der Waals surface area contributed by atoms with Gasteiger partial charge in [-0.2, -0.15) is 9.97 Å². The number of nitrogens with one attached hydrogen (secondary N) is 2. The molecule has 2 aromatic rings. The third-order valence-corrected chi connectivity index (χ3v) is 3.50. The van der Waals surface area contributed by atoms with Crippen LogP contribution >= 0.6 is 11.6 Å². The van der Waals surface area contributed by atoms with Crippen LogP contribution < -0.4 is 5.32 Å². The van der Waals surface area contributed by atoms with Crippen molar-refractivity contribution in [1.29, 1.82) is 0 Å². The maximum absolute atomic E-state index is 5.84. The van der Waals surface area contributed by atoms with Crippen molar-refractivity contribution >= 4 is 28.6 Å². The summed E-state index contributed by atoms with van der Waals surface area (Å²) in [6.45, 7) is 0.923. The number of aromatic nitrogens is 4. The van der Waals surface area contributed by atoms with E-state index in [1.165, 1.54) is 25.7 Å². The summed E-state index contributed by atoms with van der Waals surface area (Å²) in [7, 11) is 0. The maximum atomic E-state index is 5.84. The smallest absolute Gasteiger partial charge is 0.226 e. The first-order valence-corrected chi connectivity index (χ1v) is 6.31. The molecule has 17 heavy (non-hydrogen) atoms. The molecule has 0 spiro atoms. The third-order valence-electron chi connectivity index (χ3n) is 3.33. The van der Waals surface area contributed by atoms with Crippen molar-refractivity contribution in [1.82, 2.24) is 19.9 Å². The monoisotopic (exact) mass is 251 g/mol. The van der Waals surface area contributed by atoms with Crippen LogP contribution in [0.5, 0.6) is 0 Å². The van der Waals surface area contributed by atoms with Gasteiger partial charge in [-0.3, -0.25) is 0 Å². The number of rotatable bonds is 4.